The molecule has 3 atom stereocenters. The maximum absolute atomic E-state index is 8.58. The van der Waals surface area contributed by atoms with Gasteiger partial charge in [-0.2, -0.15) is 0 Å². The second-order valence-electron chi connectivity index (χ2n) is 4.10. The number of ether oxygens (including phenoxy) is 1. The molecular weight excluding hydrogens is 281 g/mol. The van der Waals surface area contributed by atoms with Crippen molar-refractivity contribution >= 4 is 19.4 Å². The predicted octanol–water partition coefficient (Wildman–Crippen LogP) is 2.22. The molecule has 0 N–H and O–H groups in total. The standard InChI is InChI=1S/C12H15N3OSe/c1-9-7-8-11(14-15-13)12(16-9)17-10-5-3-2-4-6-10/h2-6,9,11-12H,7-8H2,1H3/t9-,11-,12-/m0/s1. The normalized spacial score (nSPS) is 28.4. The fraction of sp³-hybridized carbons (Fsp3) is 0.500. The van der Waals surface area contributed by atoms with Gasteiger partial charge < -0.3 is 0 Å². The van der Waals surface area contributed by atoms with Gasteiger partial charge in [0.25, 0.3) is 0 Å². The Balaban J connectivity index is 2.07. The second kappa shape index (κ2) is 6.08. The topological polar surface area (TPSA) is 58.0 Å². The molecule has 1 aliphatic heterocycles. The summed E-state index contributed by atoms with van der Waals surface area (Å²) >= 11 is 0.203. The van der Waals surface area contributed by atoms with E-state index in [1.807, 2.05) is 18.2 Å². The van der Waals surface area contributed by atoms with Gasteiger partial charge >= 0.3 is 107 Å². The fourth-order valence-electron chi connectivity index (χ4n) is 1.85. The first kappa shape index (κ1) is 12.5. The van der Waals surface area contributed by atoms with Crippen molar-refractivity contribution in [3.63, 3.8) is 0 Å². The molecule has 5 heteroatoms. The molecule has 2 rings (SSSR count). The Morgan fingerprint density at radius 3 is 2.82 bits per heavy atom. The van der Waals surface area contributed by atoms with E-state index in [0.29, 0.717) is 0 Å². The van der Waals surface area contributed by atoms with Gasteiger partial charge in [0.15, 0.2) is 0 Å². The van der Waals surface area contributed by atoms with Crippen LogP contribution in [0.5, 0.6) is 0 Å². The van der Waals surface area contributed by atoms with Crippen LogP contribution in [0.1, 0.15) is 19.8 Å². The molecule has 0 radical (unpaired) electrons. The molecule has 0 amide bonds. The third kappa shape index (κ3) is 3.48. The minimum atomic E-state index is -0.00333. The zero-order chi connectivity index (χ0) is 12.1. The number of nitrogens with zero attached hydrogens (tertiary/aromatic N) is 3. The number of rotatable bonds is 3. The molecule has 0 unspecified atom stereocenters. The third-order valence-corrected chi connectivity index (χ3v) is 5.27. The van der Waals surface area contributed by atoms with Crippen molar-refractivity contribution in [2.24, 2.45) is 5.11 Å². The third-order valence-electron chi connectivity index (χ3n) is 2.74. The molecule has 0 spiro atoms. The molecule has 1 aromatic rings. The molecule has 4 nitrogen and oxygen atoms in total. The summed E-state index contributed by atoms with van der Waals surface area (Å²) in [5, 5.41) is 3.94. The van der Waals surface area contributed by atoms with E-state index < -0.39 is 0 Å². The first-order valence-electron chi connectivity index (χ1n) is 5.71. The Labute approximate surface area is 107 Å². The molecule has 90 valence electrons. The summed E-state index contributed by atoms with van der Waals surface area (Å²) in [6, 6.07) is 10.3. The van der Waals surface area contributed by atoms with Gasteiger partial charge in [-0.1, -0.05) is 0 Å². The summed E-state index contributed by atoms with van der Waals surface area (Å²) in [4.78, 5) is 2.93. The summed E-state index contributed by atoms with van der Waals surface area (Å²) < 4.78 is 7.21. The molecule has 1 aliphatic rings. The fourth-order valence-corrected chi connectivity index (χ4v) is 4.31. The summed E-state index contributed by atoms with van der Waals surface area (Å²) in [5.41, 5.74) is 8.58. The van der Waals surface area contributed by atoms with Crippen molar-refractivity contribution in [3.8, 4) is 0 Å². The summed E-state index contributed by atoms with van der Waals surface area (Å²) in [7, 11) is 0. The quantitative estimate of drug-likeness (QED) is 0.365. The van der Waals surface area contributed by atoms with E-state index in [9.17, 15) is 0 Å². The van der Waals surface area contributed by atoms with Crippen molar-refractivity contribution in [3.05, 3.63) is 40.8 Å². The van der Waals surface area contributed by atoms with E-state index in [1.165, 1.54) is 4.46 Å². The second-order valence-corrected chi connectivity index (χ2v) is 6.55. The van der Waals surface area contributed by atoms with Crippen molar-refractivity contribution in [1.82, 2.24) is 0 Å². The Kier molecular flexibility index (Phi) is 4.46. The Hall–Kier alpha value is -0.991. The van der Waals surface area contributed by atoms with E-state index in [-0.39, 0.29) is 32.1 Å². The Morgan fingerprint density at radius 2 is 2.12 bits per heavy atom. The number of benzene rings is 1. The Bertz CT molecular complexity index is 405. The van der Waals surface area contributed by atoms with Gasteiger partial charge in [0.05, 0.1) is 0 Å². The van der Waals surface area contributed by atoms with Crippen LogP contribution in [0, 0.1) is 0 Å². The first-order chi connectivity index (χ1) is 8.29. The molecule has 0 bridgehead atoms. The summed E-state index contributed by atoms with van der Waals surface area (Å²) in [6.45, 7) is 2.08. The average Bonchev–Trinajstić information content (AvgIpc) is 2.34. The van der Waals surface area contributed by atoms with E-state index in [1.54, 1.807) is 0 Å². The first-order valence-corrected chi connectivity index (χ1v) is 7.55. The van der Waals surface area contributed by atoms with Crippen LogP contribution in [0.25, 0.3) is 10.4 Å². The van der Waals surface area contributed by atoms with Gasteiger partial charge in [-0.15, -0.1) is 0 Å². The van der Waals surface area contributed by atoms with Gasteiger partial charge in [0.1, 0.15) is 0 Å². The average molecular weight is 296 g/mol. The van der Waals surface area contributed by atoms with Crippen molar-refractivity contribution in [2.45, 2.75) is 36.9 Å². The van der Waals surface area contributed by atoms with Crippen LogP contribution in [0.3, 0.4) is 0 Å². The Morgan fingerprint density at radius 1 is 1.35 bits per heavy atom. The van der Waals surface area contributed by atoms with Gasteiger partial charge in [-0.25, -0.2) is 0 Å². The van der Waals surface area contributed by atoms with Crippen LogP contribution >= 0.6 is 0 Å². The molecule has 0 aliphatic carbocycles. The molecular formula is C12H15N3OSe. The van der Waals surface area contributed by atoms with Crippen LogP contribution in [-0.2, 0) is 4.74 Å². The number of hydrogen-bond acceptors (Lipinski definition) is 2. The molecule has 1 saturated heterocycles. The SMILES string of the molecule is C[C@H]1CC[C@H](N=[N+]=[N-])[C@H]([Se]c2ccccc2)O1. The molecule has 1 fully saturated rings. The molecule has 17 heavy (non-hydrogen) atoms. The number of azide groups is 1. The van der Waals surface area contributed by atoms with Crippen LogP contribution in [-0.4, -0.2) is 32.1 Å². The van der Waals surface area contributed by atoms with E-state index in [0.717, 1.165) is 12.8 Å². The van der Waals surface area contributed by atoms with E-state index in [2.05, 4.69) is 29.1 Å². The molecule has 1 aromatic carbocycles. The zero-order valence-corrected chi connectivity index (χ0v) is 11.4. The van der Waals surface area contributed by atoms with Crippen molar-refractivity contribution < 1.29 is 4.74 Å². The van der Waals surface area contributed by atoms with Crippen molar-refractivity contribution in [1.29, 1.82) is 0 Å². The van der Waals surface area contributed by atoms with Crippen LogP contribution in [0.15, 0.2) is 35.4 Å². The zero-order valence-electron chi connectivity index (χ0n) is 9.69. The molecule has 0 aromatic heterocycles. The summed E-state index contributed by atoms with van der Waals surface area (Å²) in [5.74, 6) is 0. The van der Waals surface area contributed by atoms with Crippen LogP contribution in [0.2, 0.25) is 0 Å². The van der Waals surface area contributed by atoms with Crippen molar-refractivity contribution in [2.75, 3.05) is 0 Å². The van der Waals surface area contributed by atoms with Gasteiger partial charge in [0, 0.05) is 0 Å². The van der Waals surface area contributed by atoms with Gasteiger partial charge in [0.2, 0.25) is 0 Å². The molecule has 0 saturated carbocycles. The van der Waals surface area contributed by atoms with Crippen LogP contribution < -0.4 is 4.46 Å². The molecule has 1 heterocycles. The van der Waals surface area contributed by atoms with E-state index >= 15 is 0 Å². The minimum absolute atomic E-state index is 0.00333. The van der Waals surface area contributed by atoms with Gasteiger partial charge in [-0.3, -0.25) is 0 Å². The predicted molar refractivity (Wildman–Crippen MR) is 68.3 cm³/mol. The monoisotopic (exact) mass is 297 g/mol. The van der Waals surface area contributed by atoms with Gasteiger partial charge in [-0.05, 0) is 0 Å². The number of hydrogen-bond donors (Lipinski definition) is 0. The summed E-state index contributed by atoms with van der Waals surface area (Å²) in [6.07, 6.45) is 2.19. The maximum atomic E-state index is 8.58. The van der Waals surface area contributed by atoms with E-state index in [4.69, 9.17) is 10.3 Å². The van der Waals surface area contributed by atoms with Crippen LogP contribution in [0.4, 0.5) is 0 Å².